The number of ether oxygens (including phenoxy) is 1. The van der Waals surface area contributed by atoms with E-state index in [4.69, 9.17) is 9.72 Å². The molecule has 4 rings (SSSR count). The summed E-state index contributed by atoms with van der Waals surface area (Å²) in [4.78, 5) is 43.5. The highest BCUT2D eigenvalue weighted by Crippen LogP contribution is 2.29. The lowest BCUT2D eigenvalue weighted by Crippen LogP contribution is -2.43. The molecular formula is C25H37N7O3S. The topological polar surface area (TPSA) is 113 Å². The highest BCUT2D eigenvalue weighted by molar-refractivity contribution is 7.17. The van der Waals surface area contributed by atoms with E-state index >= 15 is 0 Å². The van der Waals surface area contributed by atoms with Gasteiger partial charge in [0, 0.05) is 36.8 Å². The smallest absolute Gasteiger partial charge is 0.410 e. The number of nitrogens with one attached hydrogen (secondary N) is 2. The Morgan fingerprint density at radius 2 is 1.78 bits per heavy atom. The molecule has 4 heterocycles. The fourth-order valence-electron chi connectivity index (χ4n) is 4.44. The largest absolute Gasteiger partial charge is 0.444 e. The Morgan fingerprint density at radius 1 is 1.08 bits per heavy atom. The zero-order valence-corrected chi connectivity index (χ0v) is 22.7. The van der Waals surface area contributed by atoms with Gasteiger partial charge in [-0.3, -0.25) is 4.79 Å². The van der Waals surface area contributed by atoms with Crippen LogP contribution in [0, 0.1) is 6.92 Å². The Labute approximate surface area is 216 Å². The van der Waals surface area contributed by atoms with Crippen LogP contribution < -0.4 is 10.6 Å². The van der Waals surface area contributed by atoms with E-state index in [0.29, 0.717) is 28.9 Å². The Bertz CT molecular complexity index is 1070. The van der Waals surface area contributed by atoms with Gasteiger partial charge in [0.2, 0.25) is 0 Å². The first-order chi connectivity index (χ1) is 17.1. The number of anilines is 2. The van der Waals surface area contributed by atoms with Gasteiger partial charge < -0.3 is 25.2 Å². The summed E-state index contributed by atoms with van der Waals surface area (Å²) in [6, 6.07) is 2.08. The van der Waals surface area contributed by atoms with Crippen LogP contribution in [0.3, 0.4) is 0 Å². The van der Waals surface area contributed by atoms with Crippen molar-refractivity contribution in [3.63, 3.8) is 0 Å². The molecule has 2 amide bonds. The van der Waals surface area contributed by atoms with E-state index in [-0.39, 0.29) is 24.0 Å². The summed E-state index contributed by atoms with van der Waals surface area (Å²) in [6.07, 6.45) is 4.82. The van der Waals surface area contributed by atoms with Crippen molar-refractivity contribution in [2.75, 3.05) is 38.5 Å². The number of hydrogen-bond acceptors (Lipinski definition) is 9. The zero-order chi connectivity index (χ0) is 25.9. The number of piperidine rings is 2. The molecular weight excluding hydrogens is 478 g/mol. The van der Waals surface area contributed by atoms with Crippen LogP contribution in [0.25, 0.3) is 0 Å². The fraction of sp³-hybridized carbons (Fsp3) is 0.640. The first kappa shape index (κ1) is 26.3. The molecule has 0 atom stereocenters. The molecule has 2 aliphatic heterocycles. The molecule has 11 heteroatoms. The summed E-state index contributed by atoms with van der Waals surface area (Å²) in [5, 5.41) is 7.00. The van der Waals surface area contributed by atoms with Gasteiger partial charge >= 0.3 is 6.09 Å². The summed E-state index contributed by atoms with van der Waals surface area (Å²) < 4.78 is 5.50. The van der Waals surface area contributed by atoms with E-state index in [1.165, 1.54) is 11.3 Å². The maximum absolute atomic E-state index is 12.7. The van der Waals surface area contributed by atoms with Crippen molar-refractivity contribution in [1.29, 1.82) is 0 Å². The average molecular weight is 516 g/mol. The predicted octanol–water partition coefficient (Wildman–Crippen LogP) is 3.92. The Hall–Kier alpha value is -2.79. The molecule has 0 unspecified atom stereocenters. The Kier molecular flexibility index (Phi) is 8.09. The first-order valence-corrected chi connectivity index (χ1v) is 13.4. The monoisotopic (exact) mass is 515 g/mol. The minimum atomic E-state index is -0.503. The molecule has 36 heavy (non-hydrogen) atoms. The number of thiazole rings is 1. The van der Waals surface area contributed by atoms with E-state index in [2.05, 4.69) is 32.5 Å². The van der Waals surface area contributed by atoms with E-state index in [9.17, 15) is 9.59 Å². The second-order valence-corrected chi connectivity index (χ2v) is 11.7. The van der Waals surface area contributed by atoms with Crippen molar-refractivity contribution in [3.05, 3.63) is 28.7 Å². The standard InChI is InChI=1S/C25H37N7O3S/c1-16-14-20(29-21(27-16)17-6-12-32(13-7-17)24(34)35-25(2,3)4)30-23-26-15-19(36-23)22(33)28-18-8-10-31(5)11-9-18/h14-15,17-18H,6-13H2,1-5H3,(H,28,33)(H,26,27,29,30). The molecule has 10 nitrogen and oxygen atoms in total. The summed E-state index contributed by atoms with van der Waals surface area (Å²) in [7, 11) is 2.10. The number of hydrogen-bond donors (Lipinski definition) is 2. The number of carbonyl (C=O) groups excluding carboxylic acids is 2. The molecule has 0 spiro atoms. The SMILES string of the molecule is Cc1cc(Nc2ncc(C(=O)NC3CCN(C)CC3)s2)nc(C2CCN(C(=O)OC(C)(C)C)CC2)n1. The zero-order valence-electron chi connectivity index (χ0n) is 21.8. The van der Waals surface area contributed by atoms with Crippen LogP contribution in [0.15, 0.2) is 12.3 Å². The van der Waals surface area contributed by atoms with Crippen LogP contribution in [0.5, 0.6) is 0 Å². The number of nitrogens with zero attached hydrogens (tertiary/aromatic N) is 5. The van der Waals surface area contributed by atoms with Crippen LogP contribution in [0.2, 0.25) is 0 Å². The van der Waals surface area contributed by atoms with Crippen molar-refractivity contribution < 1.29 is 14.3 Å². The van der Waals surface area contributed by atoms with Gasteiger partial charge in [-0.1, -0.05) is 11.3 Å². The minimum Gasteiger partial charge on any atom is -0.444 e. The highest BCUT2D eigenvalue weighted by Gasteiger charge is 2.29. The summed E-state index contributed by atoms with van der Waals surface area (Å²) >= 11 is 1.32. The van der Waals surface area contributed by atoms with Crippen molar-refractivity contribution >= 4 is 34.3 Å². The molecule has 2 saturated heterocycles. The lowest BCUT2D eigenvalue weighted by atomic mass is 9.96. The maximum Gasteiger partial charge on any atom is 0.410 e. The summed E-state index contributed by atoms with van der Waals surface area (Å²) in [5.41, 5.74) is 0.353. The molecule has 196 valence electrons. The average Bonchev–Trinajstić information content (AvgIpc) is 3.28. The van der Waals surface area contributed by atoms with Crippen molar-refractivity contribution in [2.45, 2.75) is 70.9 Å². The fourth-order valence-corrected chi connectivity index (χ4v) is 5.17. The van der Waals surface area contributed by atoms with Crippen molar-refractivity contribution in [3.8, 4) is 0 Å². The van der Waals surface area contributed by atoms with E-state index in [1.807, 2.05) is 33.8 Å². The minimum absolute atomic E-state index is 0.0774. The number of carbonyl (C=O) groups is 2. The van der Waals surface area contributed by atoms with Crippen LogP contribution in [-0.2, 0) is 4.74 Å². The Morgan fingerprint density at radius 3 is 2.44 bits per heavy atom. The number of likely N-dealkylation sites (tertiary alicyclic amines) is 2. The third-order valence-electron chi connectivity index (χ3n) is 6.40. The number of aromatic nitrogens is 3. The highest BCUT2D eigenvalue weighted by atomic mass is 32.1. The third-order valence-corrected chi connectivity index (χ3v) is 7.31. The molecule has 2 aromatic heterocycles. The van der Waals surface area contributed by atoms with Gasteiger partial charge in [-0.2, -0.15) is 0 Å². The lowest BCUT2D eigenvalue weighted by molar-refractivity contribution is 0.0203. The summed E-state index contributed by atoms with van der Waals surface area (Å²) in [6.45, 7) is 10.8. The van der Waals surface area contributed by atoms with Crippen molar-refractivity contribution in [2.24, 2.45) is 0 Å². The van der Waals surface area contributed by atoms with E-state index in [1.54, 1.807) is 11.1 Å². The first-order valence-electron chi connectivity index (χ1n) is 12.6. The van der Waals surface area contributed by atoms with E-state index < -0.39 is 5.60 Å². The van der Waals surface area contributed by atoms with Gasteiger partial charge in [0.15, 0.2) is 5.13 Å². The Balaban J connectivity index is 1.34. The molecule has 0 bridgehead atoms. The molecule has 2 aliphatic rings. The van der Waals surface area contributed by atoms with Gasteiger partial charge in [-0.15, -0.1) is 0 Å². The number of amides is 2. The van der Waals surface area contributed by atoms with Crippen LogP contribution >= 0.6 is 11.3 Å². The maximum atomic E-state index is 12.7. The predicted molar refractivity (Wildman–Crippen MR) is 140 cm³/mol. The van der Waals surface area contributed by atoms with Crippen LogP contribution in [0.4, 0.5) is 15.7 Å². The number of aryl methyl sites for hydroxylation is 1. The molecule has 0 aromatic carbocycles. The summed E-state index contributed by atoms with van der Waals surface area (Å²) in [5.74, 6) is 1.50. The van der Waals surface area contributed by atoms with Gasteiger partial charge in [-0.05, 0) is 73.5 Å². The van der Waals surface area contributed by atoms with Gasteiger partial charge in [0.25, 0.3) is 5.91 Å². The van der Waals surface area contributed by atoms with Crippen LogP contribution in [0.1, 0.15) is 73.6 Å². The van der Waals surface area contributed by atoms with Gasteiger partial charge in [-0.25, -0.2) is 19.7 Å². The normalized spacial score (nSPS) is 18.2. The molecule has 0 aliphatic carbocycles. The molecule has 0 radical (unpaired) electrons. The van der Waals surface area contributed by atoms with Crippen LogP contribution in [-0.4, -0.2) is 81.6 Å². The number of rotatable bonds is 5. The molecule has 2 N–H and O–H groups in total. The molecule has 2 aromatic rings. The van der Waals surface area contributed by atoms with Gasteiger partial charge in [0.05, 0.1) is 6.20 Å². The second-order valence-electron chi connectivity index (χ2n) is 10.7. The van der Waals surface area contributed by atoms with Crippen molar-refractivity contribution in [1.82, 2.24) is 30.1 Å². The van der Waals surface area contributed by atoms with E-state index in [0.717, 1.165) is 50.3 Å². The lowest BCUT2D eigenvalue weighted by Gasteiger charge is -2.33. The second kappa shape index (κ2) is 11.1. The molecule has 0 saturated carbocycles. The molecule has 2 fully saturated rings. The third kappa shape index (κ3) is 7.13. The quantitative estimate of drug-likeness (QED) is 0.616. The van der Waals surface area contributed by atoms with Gasteiger partial charge in [0.1, 0.15) is 22.1 Å².